The van der Waals surface area contributed by atoms with Crippen LogP contribution in [-0.4, -0.2) is 108 Å². The van der Waals surface area contributed by atoms with E-state index in [-0.39, 0.29) is 58.3 Å². The van der Waals surface area contributed by atoms with Crippen LogP contribution in [0.1, 0.15) is 126 Å². The van der Waals surface area contributed by atoms with Gasteiger partial charge >= 0.3 is 65.5 Å². The predicted molar refractivity (Wildman–Crippen MR) is 262 cm³/mol. The maximum absolute atomic E-state index is 15.4. The fraction of sp³-hybridized carbons (Fsp3) is 0.566. The van der Waals surface area contributed by atoms with Crippen molar-refractivity contribution in [2.24, 2.45) is 16.7 Å². The summed E-state index contributed by atoms with van der Waals surface area (Å²) in [7, 11) is -2.42. The van der Waals surface area contributed by atoms with Crippen LogP contribution in [0.3, 0.4) is 0 Å². The molecule has 84 heavy (non-hydrogen) atoms. The molecule has 0 radical (unpaired) electrons. The molecule has 0 fully saturated rings. The van der Waals surface area contributed by atoms with Crippen molar-refractivity contribution in [2.75, 3.05) is 19.8 Å². The van der Waals surface area contributed by atoms with E-state index < -0.39 is 146 Å². The molecule has 1 amide bonds. The Morgan fingerprint density at radius 3 is 1.54 bits per heavy atom. The van der Waals surface area contributed by atoms with Crippen molar-refractivity contribution in [1.82, 2.24) is 9.99 Å². The first-order chi connectivity index (χ1) is 38.1. The lowest BCUT2D eigenvalue weighted by atomic mass is 9.77. The monoisotopic (exact) mass is 1250 g/mol. The van der Waals surface area contributed by atoms with Crippen molar-refractivity contribution in [1.29, 1.82) is 5.26 Å². The Bertz CT molecular complexity index is 2920. The molecular formula is C53H55F17N3O10P. The van der Waals surface area contributed by atoms with Crippen molar-refractivity contribution in [3.63, 3.8) is 0 Å². The van der Waals surface area contributed by atoms with Gasteiger partial charge in [-0.2, -0.15) is 79.9 Å². The van der Waals surface area contributed by atoms with Gasteiger partial charge in [-0.3, -0.25) is 14.4 Å². The third-order valence-electron chi connectivity index (χ3n) is 12.9. The highest BCUT2D eigenvalue weighted by Gasteiger charge is 2.95. The number of hydrogen-bond acceptors (Lipinski definition) is 12. The Kier molecular flexibility index (Phi) is 19.4. The van der Waals surface area contributed by atoms with E-state index in [2.05, 4.69) is 5.32 Å². The van der Waals surface area contributed by atoms with Crippen LogP contribution in [0.5, 0.6) is 23.0 Å². The number of nitrogens with one attached hydrogen (secondary N) is 1. The molecule has 0 saturated heterocycles. The number of amides is 1. The molecule has 1 N–H and O–H groups in total. The van der Waals surface area contributed by atoms with E-state index in [1.54, 1.807) is 75.3 Å². The lowest BCUT2D eigenvalue weighted by Crippen LogP contribution is -2.74. The number of fused-ring (bicyclic) bond motifs is 6. The number of alkyl halides is 17. The van der Waals surface area contributed by atoms with E-state index in [4.69, 9.17) is 33.3 Å². The third kappa shape index (κ3) is 12.6. The SMILES string of the molecule is CC(C)N(C(C)C)P(OCCC#N)OCC(CCC(F)(F)C(F)(F)C(F)(F)C(F)(F)C(F)(F)C(F)(F)C(F)(F)C(F)(F)F)CNC(=O)c1ccc2c(c1)C(=O)OC21c2ccc(OC(=O)C(C)(C)C)cc2Oc2cc(OC(=O)C(C)(C)C)ccc21. The number of halogens is 17. The van der Waals surface area contributed by atoms with Crippen molar-refractivity contribution >= 4 is 32.3 Å². The molecule has 13 nitrogen and oxygen atoms in total. The Morgan fingerprint density at radius 2 is 1.10 bits per heavy atom. The van der Waals surface area contributed by atoms with Crippen LogP contribution in [0, 0.1) is 28.1 Å². The minimum atomic E-state index is -8.82. The first-order valence-corrected chi connectivity index (χ1v) is 26.2. The summed E-state index contributed by atoms with van der Waals surface area (Å²) in [5, 5.41) is 11.3. The Balaban J connectivity index is 1.53. The number of carbonyl (C=O) groups excluding carboxylic acids is 4. The summed E-state index contributed by atoms with van der Waals surface area (Å²) in [6, 6.07) is 12.2. The van der Waals surface area contributed by atoms with E-state index in [1.807, 2.05) is 0 Å². The zero-order valence-corrected chi connectivity index (χ0v) is 46.9. The first-order valence-electron chi connectivity index (χ1n) is 25.1. The number of esters is 3. The van der Waals surface area contributed by atoms with Gasteiger partial charge in [-0.25, -0.2) is 9.46 Å². The van der Waals surface area contributed by atoms with E-state index in [0.29, 0.717) is 0 Å². The quantitative estimate of drug-likeness (QED) is 0.0315. The largest absolute Gasteiger partial charge is 0.460 e. The third-order valence-corrected chi connectivity index (χ3v) is 15.0. The fourth-order valence-electron chi connectivity index (χ4n) is 8.28. The molecule has 2 heterocycles. The van der Waals surface area contributed by atoms with Gasteiger partial charge in [-0.15, -0.1) is 0 Å². The molecule has 2 unspecified atom stereocenters. The van der Waals surface area contributed by atoms with Crippen LogP contribution in [-0.2, 0) is 29.0 Å². The molecule has 2 aliphatic heterocycles. The number of benzene rings is 3. The van der Waals surface area contributed by atoms with Gasteiger partial charge in [0.05, 0.1) is 42.1 Å². The zero-order valence-electron chi connectivity index (χ0n) is 46.0. The van der Waals surface area contributed by atoms with Gasteiger partial charge in [0, 0.05) is 65.4 Å². The maximum atomic E-state index is 15.4. The van der Waals surface area contributed by atoms with Gasteiger partial charge in [0.2, 0.25) is 0 Å². The summed E-state index contributed by atoms with van der Waals surface area (Å²) in [5.74, 6) is -63.5. The molecule has 1 spiro atoms. The predicted octanol–water partition coefficient (Wildman–Crippen LogP) is 14.6. The van der Waals surface area contributed by atoms with Crippen LogP contribution in [0.2, 0.25) is 0 Å². The molecule has 0 saturated carbocycles. The van der Waals surface area contributed by atoms with Gasteiger partial charge in [-0.1, -0.05) is 6.07 Å². The second kappa shape index (κ2) is 23.7. The summed E-state index contributed by atoms with van der Waals surface area (Å²) in [6.45, 7) is 13.5. The molecule has 466 valence electrons. The van der Waals surface area contributed by atoms with Crippen molar-refractivity contribution < 1.29 is 122 Å². The summed E-state index contributed by atoms with van der Waals surface area (Å²) < 4.78 is 278. The summed E-state index contributed by atoms with van der Waals surface area (Å²) >= 11 is 0. The van der Waals surface area contributed by atoms with Crippen LogP contribution in [0.25, 0.3) is 0 Å². The smallest absolute Gasteiger partial charge is 0.456 e. The summed E-state index contributed by atoms with van der Waals surface area (Å²) in [5.41, 5.74) is -4.38. The van der Waals surface area contributed by atoms with Crippen LogP contribution >= 0.6 is 8.53 Å². The molecule has 0 aliphatic carbocycles. The molecule has 31 heteroatoms. The summed E-state index contributed by atoms with van der Waals surface area (Å²) in [4.78, 5) is 53.7. The molecule has 3 aromatic carbocycles. The average molecular weight is 1250 g/mol. The van der Waals surface area contributed by atoms with Gasteiger partial charge in [0.1, 0.15) is 23.0 Å². The number of ether oxygens (including phenoxy) is 4. The summed E-state index contributed by atoms with van der Waals surface area (Å²) in [6.07, 6.45) is -12.7. The highest BCUT2D eigenvalue weighted by atomic mass is 31.2. The topological polar surface area (TPSA) is 163 Å². The Hall–Kier alpha value is -6.05. The lowest BCUT2D eigenvalue weighted by Gasteiger charge is -2.43. The minimum absolute atomic E-state index is 0.0231. The zero-order chi connectivity index (χ0) is 64.2. The van der Waals surface area contributed by atoms with Crippen LogP contribution < -0.4 is 19.5 Å². The molecule has 2 aliphatic rings. The van der Waals surface area contributed by atoms with Crippen molar-refractivity contribution in [3.8, 4) is 29.1 Å². The maximum Gasteiger partial charge on any atom is 0.460 e. The van der Waals surface area contributed by atoms with E-state index in [1.165, 1.54) is 47.1 Å². The fourth-order valence-corrected chi connectivity index (χ4v) is 9.96. The molecule has 5 rings (SSSR count). The normalized spacial score (nSPS) is 15.9. The number of nitrogens with zero attached hydrogens (tertiary/aromatic N) is 2. The molecule has 3 aromatic rings. The molecular weight excluding hydrogens is 1190 g/mol. The van der Waals surface area contributed by atoms with Crippen LogP contribution in [0.4, 0.5) is 74.6 Å². The van der Waals surface area contributed by atoms with Crippen molar-refractivity contribution in [3.05, 3.63) is 82.4 Å². The first kappa shape index (κ1) is 68.7. The number of hydrogen-bond donors (Lipinski definition) is 1. The van der Waals surface area contributed by atoms with Gasteiger partial charge < -0.3 is 33.3 Å². The highest BCUT2D eigenvalue weighted by Crippen LogP contribution is 2.65. The number of nitriles is 1. The second-order valence-corrected chi connectivity index (χ2v) is 23.6. The number of rotatable bonds is 23. The van der Waals surface area contributed by atoms with Crippen LogP contribution in [0.15, 0.2) is 54.6 Å². The minimum Gasteiger partial charge on any atom is -0.456 e. The van der Waals surface area contributed by atoms with Gasteiger partial charge in [-0.05, 0) is 112 Å². The second-order valence-electron chi connectivity index (χ2n) is 22.1. The Morgan fingerprint density at radius 1 is 0.643 bits per heavy atom. The van der Waals surface area contributed by atoms with E-state index in [0.717, 1.165) is 12.1 Å². The molecule has 0 bridgehead atoms. The molecule has 2 atom stereocenters. The lowest BCUT2D eigenvalue weighted by molar-refractivity contribution is -0.461. The molecule has 0 aromatic heterocycles. The Labute approximate surface area is 470 Å². The van der Waals surface area contributed by atoms with E-state index in [9.17, 15) is 76.3 Å². The highest BCUT2D eigenvalue weighted by molar-refractivity contribution is 7.44. The van der Waals surface area contributed by atoms with Crippen molar-refractivity contribution in [2.45, 2.75) is 154 Å². The van der Waals surface area contributed by atoms with E-state index >= 15 is 17.6 Å². The van der Waals surface area contributed by atoms with Gasteiger partial charge in [0.25, 0.3) is 14.4 Å². The number of carbonyl (C=O) groups is 4. The standard InChI is InChI=1S/C53H55F17N3O10P/c1-27(2)73(28(3)4)84(78-21-11-20-71)79-26-29(18-19-45(54,55)47(56,57)48(58,59)49(60,61)50(62,63)51(64,65)52(66,67)53(68,69)70)25-72-39(74)30-12-15-34-33(22-30)40(75)83-46(34)35-16-13-31(80-41(76)43(5,6)7)23-37(35)82-38-24-32(14-17-36(38)46)81-42(77)44(8,9)10/h12-17,22-24,27-29H,11,18-19,21,25-26H2,1-10H3,(H,72,74). The average Bonchev–Trinajstić information content (AvgIpc) is 1.21. The van der Waals surface area contributed by atoms with Gasteiger partial charge in [0.15, 0.2) is 5.60 Å².